The highest BCUT2D eigenvalue weighted by Crippen LogP contribution is 2.43. The lowest BCUT2D eigenvalue weighted by molar-refractivity contribution is 0.407. The van der Waals surface area contributed by atoms with Crippen LogP contribution >= 0.6 is 0 Å². The summed E-state index contributed by atoms with van der Waals surface area (Å²) in [6.45, 7) is 0. The molecule has 0 amide bonds. The van der Waals surface area contributed by atoms with Gasteiger partial charge in [0.1, 0.15) is 29.5 Å². The number of aromatic nitrogens is 4. The van der Waals surface area contributed by atoms with Crippen LogP contribution in [0.4, 0.5) is 8.78 Å². The molecule has 32 heavy (non-hydrogen) atoms. The van der Waals surface area contributed by atoms with Crippen LogP contribution in [0.3, 0.4) is 0 Å². The lowest BCUT2D eigenvalue weighted by atomic mass is 9.98. The molecule has 2 heterocycles. The summed E-state index contributed by atoms with van der Waals surface area (Å²) >= 11 is 0. The first-order chi connectivity index (χ1) is 15.7. The fourth-order valence-electron chi connectivity index (χ4n) is 3.49. The Bertz CT molecular complexity index is 1380. The van der Waals surface area contributed by atoms with Crippen molar-refractivity contribution in [3.8, 4) is 39.8 Å². The third-order valence-electron chi connectivity index (χ3n) is 4.90. The van der Waals surface area contributed by atoms with E-state index in [4.69, 9.17) is 9.47 Å². The molecule has 2 aromatic heterocycles. The van der Waals surface area contributed by atoms with Crippen LogP contribution in [0.25, 0.3) is 28.2 Å². The summed E-state index contributed by atoms with van der Waals surface area (Å²) in [5.74, 6) is -0.897. The molecule has 8 heteroatoms. The van der Waals surface area contributed by atoms with Crippen LogP contribution in [0, 0.1) is 11.6 Å². The zero-order valence-corrected chi connectivity index (χ0v) is 16.9. The number of halogens is 2. The van der Waals surface area contributed by atoms with Gasteiger partial charge in [0.15, 0.2) is 0 Å². The van der Waals surface area contributed by atoms with Crippen LogP contribution < -0.4 is 9.47 Å². The van der Waals surface area contributed by atoms with Crippen LogP contribution in [-0.2, 0) is 0 Å². The maximum absolute atomic E-state index is 15.3. The van der Waals surface area contributed by atoms with Gasteiger partial charge in [0, 0.05) is 17.7 Å². The summed E-state index contributed by atoms with van der Waals surface area (Å²) in [6.07, 6.45) is 1.32. The van der Waals surface area contributed by atoms with Crippen molar-refractivity contribution in [2.75, 3.05) is 7.11 Å². The Morgan fingerprint density at radius 2 is 1.47 bits per heavy atom. The predicted molar refractivity (Wildman–Crippen MR) is 115 cm³/mol. The summed E-state index contributed by atoms with van der Waals surface area (Å²) in [4.78, 5) is 8.59. The normalized spacial score (nSPS) is 11.0. The third-order valence-corrected chi connectivity index (χ3v) is 4.90. The van der Waals surface area contributed by atoms with Crippen molar-refractivity contribution >= 4 is 5.78 Å². The van der Waals surface area contributed by atoms with Crippen molar-refractivity contribution < 1.29 is 18.3 Å². The molecule has 0 N–H and O–H groups in total. The molecular weight excluding hydrogens is 414 g/mol. The zero-order valence-electron chi connectivity index (χ0n) is 16.9. The maximum Gasteiger partial charge on any atom is 0.256 e. The first-order valence-electron chi connectivity index (χ1n) is 9.71. The van der Waals surface area contributed by atoms with Crippen LogP contribution in [0.15, 0.2) is 79.1 Å². The molecule has 0 unspecified atom stereocenters. The van der Waals surface area contributed by atoms with Gasteiger partial charge >= 0.3 is 0 Å². The average Bonchev–Trinajstić information content (AvgIpc) is 3.28. The number of hydrogen-bond acceptors (Lipinski definition) is 5. The number of hydrogen-bond donors (Lipinski definition) is 0. The van der Waals surface area contributed by atoms with E-state index in [1.165, 1.54) is 18.0 Å². The summed E-state index contributed by atoms with van der Waals surface area (Å²) in [5, 5.41) is 4.24. The minimum atomic E-state index is -0.821. The first-order valence-corrected chi connectivity index (χ1v) is 9.71. The van der Waals surface area contributed by atoms with Crippen molar-refractivity contribution in [3.63, 3.8) is 0 Å². The van der Waals surface area contributed by atoms with Crippen molar-refractivity contribution in [3.05, 3.63) is 90.8 Å². The number of ether oxygens (including phenoxy) is 2. The summed E-state index contributed by atoms with van der Waals surface area (Å²) in [6, 6.07) is 20.2. The van der Waals surface area contributed by atoms with E-state index >= 15 is 8.78 Å². The standard InChI is InChI=1S/C24H16F2N4O2/c1-31-17-12-18(25)20(19(26)13-17)21-22(15-8-4-2-5-9-15)30-24(27-14-28-30)29-23(21)32-16-10-6-3-7-11-16/h2-14H,1H3. The molecule has 0 bridgehead atoms. The molecule has 158 valence electrons. The van der Waals surface area contributed by atoms with Crippen molar-refractivity contribution in [1.29, 1.82) is 0 Å². The van der Waals surface area contributed by atoms with Crippen LogP contribution in [0.1, 0.15) is 0 Å². The number of methoxy groups -OCH3 is 1. The Hall–Kier alpha value is -4.33. The van der Waals surface area contributed by atoms with Gasteiger partial charge in [-0.2, -0.15) is 19.6 Å². The zero-order chi connectivity index (χ0) is 22.1. The van der Waals surface area contributed by atoms with Gasteiger partial charge < -0.3 is 9.47 Å². The van der Waals surface area contributed by atoms with E-state index in [-0.39, 0.29) is 28.5 Å². The van der Waals surface area contributed by atoms with Crippen molar-refractivity contribution in [2.45, 2.75) is 0 Å². The Labute approximate surface area is 181 Å². The largest absolute Gasteiger partial charge is 0.497 e. The van der Waals surface area contributed by atoms with Gasteiger partial charge in [0.25, 0.3) is 5.78 Å². The van der Waals surface area contributed by atoms with Crippen LogP contribution in [0.2, 0.25) is 0 Å². The molecule has 0 spiro atoms. The van der Waals surface area contributed by atoms with Crippen LogP contribution in [0.5, 0.6) is 17.4 Å². The van der Waals surface area contributed by atoms with E-state index in [1.54, 1.807) is 24.3 Å². The van der Waals surface area contributed by atoms with E-state index in [0.29, 0.717) is 17.0 Å². The lowest BCUT2D eigenvalue weighted by Gasteiger charge is -2.17. The first kappa shape index (κ1) is 19.6. The second-order valence-corrected chi connectivity index (χ2v) is 6.86. The maximum atomic E-state index is 15.3. The second-order valence-electron chi connectivity index (χ2n) is 6.86. The molecule has 6 nitrogen and oxygen atoms in total. The van der Waals surface area contributed by atoms with E-state index in [9.17, 15) is 0 Å². The molecule has 5 aromatic rings. The summed E-state index contributed by atoms with van der Waals surface area (Å²) in [5.41, 5.74) is 0.853. The molecule has 0 aliphatic rings. The van der Waals surface area contributed by atoms with E-state index in [0.717, 1.165) is 12.1 Å². The quantitative estimate of drug-likeness (QED) is 0.367. The highest BCUT2D eigenvalue weighted by Gasteiger charge is 2.27. The number of benzene rings is 3. The number of rotatable bonds is 5. The molecule has 0 aliphatic carbocycles. The number of para-hydroxylation sites is 1. The van der Waals surface area contributed by atoms with E-state index in [2.05, 4.69) is 15.1 Å². The molecule has 0 saturated carbocycles. The SMILES string of the molecule is COc1cc(F)c(-c2c(Oc3ccccc3)nc3ncnn3c2-c2ccccc2)c(F)c1. The lowest BCUT2D eigenvalue weighted by Crippen LogP contribution is -2.06. The Morgan fingerprint density at radius 1 is 0.812 bits per heavy atom. The molecule has 0 atom stereocenters. The van der Waals surface area contributed by atoms with Crippen molar-refractivity contribution in [1.82, 2.24) is 19.6 Å². The fraction of sp³-hybridized carbons (Fsp3) is 0.0417. The summed E-state index contributed by atoms with van der Waals surface area (Å²) < 4.78 is 43.0. The van der Waals surface area contributed by atoms with Gasteiger partial charge in [-0.15, -0.1) is 0 Å². The van der Waals surface area contributed by atoms with Gasteiger partial charge in [-0.3, -0.25) is 0 Å². The molecule has 0 fully saturated rings. The van der Waals surface area contributed by atoms with Gasteiger partial charge in [0.05, 0.1) is 23.9 Å². The van der Waals surface area contributed by atoms with Gasteiger partial charge in [0.2, 0.25) is 5.88 Å². The van der Waals surface area contributed by atoms with E-state index < -0.39 is 11.6 Å². The molecule has 0 saturated heterocycles. The fourth-order valence-corrected chi connectivity index (χ4v) is 3.49. The highest BCUT2D eigenvalue weighted by molar-refractivity contribution is 5.86. The second kappa shape index (κ2) is 8.07. The minimum Gasteiger partial charge on any atom is -0.497 e. The predicted octanol–water partition coefficient (Wildman–Crippen LogP) is 5.54. The third kappa shape index (κ3) is 3.41. The topological polar surface area (TPSA) is 61.5 Å². The average molecular weight is 430 g/mol. The van der Waals surface area contributed by atoms with Crippen LogP contribution in [-0.4, -0.2) is 26.7 Å². The van der Waals surface area contributed by atoms with Gasteiger partial charge in [-0.25, -0.2) is 8.78 Å². The number of fused-ring (bicyclic) bond motifs is 1. The van der Waals surface area contributed by atoms with E-state index in [1.807, 2.05) is 36.4 Å². The molecule has 0 aliphatic heterocycles. The Kier molecular flexibility index (Phi) is 4.95. The molecule has 5 rings (SSSR count). The molecule has 3 aromatic carbocycles. The minimum absolute atomic E-state index is 0.00137. The smallest absolute Gasteiger partial charge is 0.256 e. The molecule has 0 radical (unpaired) electrons. The Balaban J connectivity index is 1.88. The van der Waals surface area contributed by atoms with Gasteiger partial charge in [-0.05, 0) is 12.1 Å². The summed E-state index contributed by atoms with van der Waals surface area (Å²) in [7, 11) is 1.34. The van der Waals surface area contributed by atoms with Crippen molar-refractivity contribution in [2.24, 2.45) is 0 Å². The molecular formula is C24H16F2N4O2. The monoisotopic (exact) mass is 430 g/mol. The number of nitrogens with zero attached hydrogens (tertiary/aromatic N) is 4. The Morgan fingerprint density at radius 3 is 2.12 bits per heavy atom. The highest BCUT2D eigenvalue weighted by atomic mass is 19.1. The van der Waals surface area contributed by atoms with Gasteiger partial charge in [-0.1, -0.05) is 48.5 Å².